The summed E-state index contributed by atoms with van der Waals surface area (Å²) in [5.74, 6) is 0.272. The van der Waals surface area contributed by atoms with Gasteiger partial charge in [0.05, 0.1) is 4.90 Å². The second-order valence-corrected chi connectivity index (χ2v) is 7.09. The van der Waals surface area contributed by atoms with Gasteiger partial charge in [0, 0.05) is 12.6 Å². The quantitative estimate of drug-likeness (QED) is 0.891. The number of sulfonamides is 1. The molecule has 0 radical (unpaired) electrons. The van der Waals surface area contributed by atoms with Crippen molar-refractivity contribution in [3.8, 4) is 5.75 Å². The van der Waals surface area contributed by atoms with E-state index in [9.17, 15) is 13.5 Å². The number of nitrogens with zero attached hydrogens (tertiary/aromatic N) is 1. The maximum Gasteiger partial charge on any atom is 0.243 e. The third-order valence-corrected chi connectivity index (χ3v) is 4.84. The average molecular weight is 269 g/mol. The zero-order chi connectivity index (χ0) is 13.3. The topological polar surface area (TPSA) is 57.6 Å². The highest BCUT2D eigenvalue weighted by molar-refractivity contribution is 7.89. The zero-order valence-corrected chi connectivity index (χ0v) is 11.5. The highest BCUT2D eigenvalue weighted by Crippen LogP contribution is 2.33. The molecule has 1 aliphatic rings. The first-order valence-electron chi connectivity index (χ1n) is 6.22. The summed E-state index contributed by atoms with van der Waals surface area (Å²) in [5.41, 5.74) is 0. The van der Waals surface area contributed by atoms with Gasteiger partial charge in [0.15, 0.2) is 0 Å². The van der Waals surface area contributed by atoms with Crippen LogP contribution in [0.1, 0.15) is 26.7 Å². The highest BCUT2D eigenvalue weighted by atomic mass is 32.2. The Morgan fingerprint density at radius 1 is 1.39 bits per heavy atom. The van der Waals surface area contributed by atoms with Crippen LogP contribution in [-0.2, 0) is 10.0 Å². The molecule has 1 aliphatic carbocycles. The Balaban J connectivity index is 2.33. The van der Waals surface area contributed by atoms with Gasteiger partial charge in [0.25, 0.3) is 0 Å². The molecule has 0 aliphatic heterocycles. The summed E-state index contributed by atoms with van der Waals surface area (Å²) in [5, 5.41) is 9.41. The van der Waals surface area contributed by atoms with Crippen molar-refractivity contribution in [3.05, 3.63) is 24.3 Å². The molecule has 0 heterocycles. The highest BCUT2D eigenvalue weighted by Gasteiger charge is 2.38. The number of rotatable bonds is 5. The van der Waals surface area contributed by atoms with E-state index in [0.717, 1.165) is 12.8 Å². The lowest BCUT2D eigenvalue weighted by Gasteiger charge is -2.23. The van der Waals surface area contributed by atoms with Gasteiger partial charge < -0.3 is 5.11 Å². The van der Waals surface area contributed by atoms with Crippen LogP contribution in [0.3, 0.4) is 0 Å². The van der Waals surface area contributed by atoms with Crippen molar-refractivity contribution in [1.82, 2.24) is 4.31 Å². The van der Waals surface area contributed by atoms with E-state index in [-0.39, 0.29) is 22.6 Å². The van der Waals surface area contributed by atoms with E-state index < -0.39 is 10.0 Å². The summed E-state index contributed by atoms with van der Waals surface area (Å²) in [6.45, 7) is 4.55. The van der Waals surface area contributed by atoms with Gasteiger partial charge in [-0.2, -0.15) is 4.31 Å². The smallest absolute Gasteiger partial charge is 0.243 e. The molecule has 0 atom stereocenters. The van der Waals surface area contributed by atoms with E-state index in [2.05, 4.69) is 0 Å². The minimum absolute atomic E-state index is 0.0173. The molecule has 0 unspecified atom stereocenters. The van der Waals surface area contributed by atoms with Gasteiger partial charge in [-0.1, -0.05) is 19.9 Å². The third-order valence-electron chi connectivity index (χ3n) is 2.92. The molecule has 18 heavy (non-hydrogen) atoms. The summed E-state index contributed by atoms with van der Waals surface area (Å²) in [7, 11) is -3.48. The van der Waals surface area contributed by atoms with Gasteiger partial charge in [-0.3, -0.25) is 0 Å². The molecule has 2 rings (SSSR count). The molecule has 5 heteroatoms. The third kappa shape index (κ3) is 2.84. The lowest BCUT2D eigenvalue weighted by molar-refractivity contribution is 0.360. The van der Waals surface area contributed by atoms with Crippen LogP contribution in [0.2, 0.25) is 0 Å². The first kappa shape index (κ1) is 13.4. The molecule has 4 nitrogen and oxygen atoms in total. The van der Waals surface area contributed by atoms with Crippen molar-refractivity contribution in [2.45, 2.75) is 37.6 Å². The van der Waals surface area contributed by atoms with Crippen LogP contribution in [0.5, 0.6) is 5.75 Å². The largest absolute Gasteiger partial charge is 0.508 e. The SMILES string of the molecule is CC(C)CN(C1CC1)S(=O)(=O)c1cccc(O)c1. The molecule has 1 N–H and O–H groups in total. The molecule has 0 saturated heterocycles. The number of hydrogen-bond acceptors (Lipinski definition) is 3. The number of phenolic OH excluding ortho intramolecular Hbond substituents is 1. The fraction of sp³-hybridized carbons (Fsp3) is 0.538. The molecule has 1 aromatic rings. The Morgan fingerprint density at radius 2 is 2.06 bits per heavy atom. The van der Waals surface area contributed by atoms with Crippen molar-refractivity contribution in [1.29, 1.82) is 0 Å². The number of hydrogen-bond donors (Lipinski definition) is 1. The fourth-order valence-electron chi connectivity index (χ4n) is 1.95. The maximum atomic E-state index is 12.5. The van der Waals surface area contributed by atoms with Gasteiger partial charge >= 0.3 is 0 Å². The number of aromatic hydroxyl groups is 1. The lowest BCUT2D eigenvalue weighted by Crippen LogP contribution is -2.36. The Bertz CT molecular complexity index is 521. The van der Waals surface area contributed by atoms with E-state index in [1.807, 2.05) is 13.8 Å². The molecular weight excluding hydrogens is 250 g/mol. The van der Waals surface area contributed by atoms with Crippen molar-refractivity contribution in [2.24, 2.45) is 5.92 Å². The minimum atomic E-state index is -3.48. The standard InChI is InChI=1S/C13H19NO3S/c1-10(2)9-14(11-6-7-11)18(16,17)13-5-3-4-12(15)8-13/h3-5,8,10-11,15H,6-7,9H2,1-2H3. The zero-order valence-electron chi connectivity index (χ0n) is 10.7. The Labute approximate surface area is 108 Å². The maximum absolute atomic E-state index is 12.5. The van der Waals surface area contributed by atoms with Crippen molar-refractivity contribution < 1.29 is 13.5 Å². The Kier molecular flexibility index (Phi) is 3.64. The van der Waals surface area contributed by atoms with Crippen LogP contribution in [0.4, 0.5) is 0 Å². The minimum Gasteiger partial charge on any atom is -0.508 e. The predicted molar refractivity (Wildman–Crippen MR) is 69.9 cm³/mol. The second-order valence-electron chi connectivity index (χ2n) is 5.20. The molecule has 0 spiro atoms. The van der Waals surface area contributed by atoms with Gasteiger partial charge in [0.1, 0.15) is 5.75 Å². The normalized spacial score (nSPS) is 16.4. The molecule has 0 bridgehead atoms. The number of benzene rings is 1. The first-order chi connectivity index (χ1) is 8.41. The second kappa shape index (κ2) is 4.90. The van der Waals surface area contributed by atoms with Crippen LogP contribution in [0, 0.1) is 5.92 Å². The molecule has 0 amide bonds. The van der Waals surface area contributed by atoms with Crippen LogP contribution in [-0.4, -0.2) is 30.4 Å². The van der Waals surface area contributed by atoms with E-state index in [1.54, 1.807) is 10.4 Å². The summed E-state index contributed by atoms with van der Waals surface area (Å²) in [6.07, 6.45) is 1.87. The summed E-state index contributed by atoms with van der Waals surface area (Å²) < 4.78 is 26.6. The summed E-state index contributed by atoms with van der Waals surface area (Å²) in [6, 6.07) is 6.02. The van der Waals surface area contributed by atoms with E-state index in [0.29, 0.717) is 6.54 Å². The van der Waals surface area contributed by atoms with Crippen molar-refractivity contribution >= 4 is 10.0 Å². The monoisotopic (exact) mass is 269 g/mol. The Hall–Kier alpha value is -1.07. The molecule has 100 valence electrons. The van der Waals surface area contributed by atoms with Crippen LogP contribution < -0.4 is 0 Å². The van der Waals surface area contributed by atoms with Crippen molar-refractivity contribution in [2.75, 3.05) is 6.54 Å². The van der Waals surface area contributed by atoms with Gasteiger partial charge in [-0.05, 0) is 37.0 Å². The lowest BCUT2D eigenvalue weighted by atomic mass is 10.2. The molecule has 0 aromatic heterocycles. The van der Waals surface area contributed by atoms with Gasteiger partial charge in [-0.25, -0.2) is 8.42 Å². The van der Waals surface area contributed by atoms with Crippen LogP contribution >= 0.6 is 0 Å². The molecule has 1 fully saturated rings. The molecule has 1 aromatic carbocycles. The van der Waals surface area contributed by atoms with Gasteiger partial charge in [0.2, 0.25) is 10.0 Å². The Morgan fingerprint density at radius 3 is 2.56 bits per heavy atom. The summed E-state index contributed by atoms with van der Waals surface area (Å²) >= 11 is 0. The van der Waals surface area contributed by atoms with E-state index in [1.165, 1.54) is 18.2 Å². The predicted octanol–water partition coefficient (Wildman–Crippen LogP) is 2.20. The number of phenols is 1. The molecular formula is C13H19NO3S. The van der Waals surface area contributed by atoms with Gasteiger partial charge in [-0.15, -0.1) is 0 Å². The van der Waals surface area contributed by atoms with Crippen LogP contribution in [0.25, 0.3) is 0 Å². The van der Waals surface area contributed by atoms with E-state index >= 15 is 0 Å². The molecule has 1 saturated carbocycles. The van der Waals surface area contributed by atoms with E-state index in [4.69, 9.17) is 0 Å². The van der Waals surface area contributed by atoms with Crippen LogP contribution in [0.15, 0.2) is 29.2 Å². The first-order valence-corrected chi connectivity index (χ1v) is 7.66. The fourth-order valence-corrected chi connectivity index (χ4v) is 3.83. The van der Waals surface area contributed by atoms with Crippen molar-refractivity contribution in [3.63, 3.8) is 0 Å². The average Bonchev–Trinajstić information content (AvgIpc) is 3.09. The summed E-state index contributed by atoms with van der Waals surface area (Å²) in [4.78, 5) is 0.176.